The van der Waals surface area contributed by atoms with E-state index in [0.29, 0.717) is 11.1 Å². The van der Waals surface area contributed by atoms with Crippen molar-refractivity contribution in [1.82, 2.24) is 0 Å². The molecule has 0 rings (SSSR count). The first-order valence-corrected chi connectivity index (χ1v) is 3.38. The molecule has 0 heterocycles. The van der Waals surface area contributed by atoms with Crippen molar-refractivity contribution in [2.75, 3.05) is 0 Å². The normalized spacial score (nSPS) is 12.4. The molecule has 0 saturated heterocycles. The second-order valence-corrected chi connectivity index (χ2v) is 2.63. The summed E-state index contributed by atoms with van der Waals surface area (Å²) in [5.74, 6) is 0. The monoisotopic (exact) mass is 178 g/mol. The van der Waals surface area contributed by atoms with Gasteiger partial charge in [-0.3, -0.25) is 10.8 Å². The summed E-state index contributed by atoms with van der Waals surface area (Å²) in [6.45, 7) is 3.31. The maximum Gasteiger partial charge on any atom is 0.124 e. The van der Waals surface area contributed by atoms with Crippen LogP contribution in [-0.4, -0.2) is 10.3 Å². The van der Waals surface area contributed by atoms with Crippen LogP contribution in [-0.2, 0) is 0 Å². The molecule has 0 aliphatic heterocycles. The molecule has 0 atom stereocenters. The van der Waals surface area contributed by atoms with Crippen LogP contribution >= 0.6 is 23.2 Å². The predicted octanol–water partition coefficient (Wildman–Crippen LogP) is 2.75. The van der Waals surface area contributed by atoms with Crippen LogP contribution in [0.5, 0.6) is 0 Å². The number of nitrogens with one attached hydrogen (secondary N) is 2. The summed E-state index contributed by atoms with van der Waals surface area (Å²) in [6.07, 6.45) is 0. The Morgan fingerprint density at radius 2 is 1.10 bits per heavy atom. The van der Waals surface area contributed by atoms with Gasteiger partial charge in [0.15, 0.2) is 0 Å². The molecule has 0 fully saturated rings. The van der Waals surface area contributed by atoms with Gasteiger partial charge in [-0.25, -0.2) is 0 Å². The van der Waals surface area contributed by atoms with Crippen LogP contribution in [0.15, 0.2) is 11.1 Å². The Balaban J connectivity index is 4.67. The Hall–Kier alpha value is -0.340. The van der Waals surface area contributed by atoms with Gasteiger partial charge in [-0.1, -0.05) is 23.2 Å². The minimum Gasteiger partial charge on any atom is -0.289 e. The summed E-state index contributed by atoms with van der Waals surface area (Å²) in [5.41, 5.74) is 1.09. The molecular weight excluding hydrogens is 171 g/mol. The number of hydrogen-bond donors (Lipinski definition) is 2. The van der Waals surface area contributed by atoms with E-state index in [1.807, 2.05) is 0 Å². The van der Waals surface area contributed by atoms with E-state index in [1.165, 1.54) is 0 Å². The fourth-order valence-electron chi connectivity index (χ4n) is 0.329. The average molecular weight is 179 g/mol. The van der Waals surface area contributed by atoms with E-state index in [1.54, 1.807) is 13.8 Å². The lowest BCUT2D eigenvalue weighted by Crippen LogP contribution is -1.96. The summed E-state index contributed by atoms with van der Waals surface area (Å²) in [6, 6.07) is 0. The summed E-state index contributed by atoms with van der Waals surface area (Å²) in [7, 11) is 0. The van der Waals surface area contributed by atoms with Gasteiger partial charge in [-0.2, -0.15) is 0 Å². The van der Waals surface area contributed by atoms with Gasteiger partial charge in [0.1, 0.15) is 10.3 Å². The molecule has 4 heteroatoms. The highest BCUT2D eigenvalue weighted by Gasteiger charge is 2.02. The Labute approximate surface area is 69.9 Å². The van der Waals surface area contributed by atoms with Crippen LogP contribution in [0.25, 0.3) is 0 Å². The largest absolute Gasteiger partial charge is 0.289 e. The average Bonchev–Trinajstić information content (AvgIpc) is 1.84. The topological polar surface area (TPSA) is 47.7 Å². The zero-order valence-corrected chi connectivity index (χ0v) is 7.27. The standard InChI is InChI=1S/C6H8Cl2N2/c1-3(5(7)9)4(2)6(8)10/h9-10H,1-2H3/b4-3-,9-5?,10-6?. The SMILES string of the molecule is C/C(C(=N)Cl)=C(\C)C(=N)Cl. The van der Waals surface area contributed by atoms with Crippen molar-refractivity contribution in [3.8, 4) is 0 Å². The first-order chi connectivity index (χ1) is 4.46. The molecule has 0 aliphatic carbocycles. The van der Waals surface area contributed by atoms with Gasteiger partial charge in [-0.15, -0.1) is 0 Å². The van der Waals surface area contributed by atoms with Gasteiger partial charge in [0.25, 0.3) is 0 Å². The highest BCUT2D eigenvalue weighted by atomic mass is 35.5. The molecule has 0 aromatic rings. The van der Waals surface area contributed by atoms with E-state index >= 15 is 0 Å². The van der Waals surface area contributed by atoms with Gasteiger partial charge < -0.3 is 0 Å². The van der Waals surface area contributed by atoms with Gasteiger partial charge >= 0.3 is 0 Å². The fourth-order valence-corrected chi connectivity index (χ4v) is 0.613. The minimum atomic E-state index is -0.0668. The Morgan fingerprint density at radius 3 is 1.20 bits per heavy atom. The quantitative estimate of drug-likeness (QED) is 0.612. The van der Waals surface area contributed by atoms with Crippen molar-refractivity contribution in [3.63, 3.8) is 0 Å². The first kappa shape index (κ1) is 9.66. The maximum absolute atomic E-state index is 6.98. The Kier molecular flexibility index (Phi) is 3.61. The Morgan fingerprint density at radius 1 is 0.900 bits per heavy atom. The molecule has 0 radical (unpaired) electrons. The first-order valence-electron chi connectivity index (χ1n) is 2.63. The third-order valence-electron chi connectivity index (χ3n) is 1.22. The van der Waals surface area contributed by atoms with Crippen LogP contribution in [0.4, 0.5) is 0 Å². The number of rotatable bonds is 2. The van der Waals surface area contributed by atoms with Crippen molar-refractivity contribution in [3.05, 3.63) is 11.1 Å². The van der Waals surface area contributed by atoms with Crippen LogP contribution in [0.2, 0.25) is 0 Å². The summed E-state index contributed by atoms with van der Waals surface area (Å²) in [4.78, 5) is 0. The second kappa shape index (κ2) is 3.74. The van der Waals surface area contributed by atoms with E-state index in [2.05, 4.69) is 0 Å². The third kappa shape index (κ3) is 2.50. The van der Waals surface area contributed by atoms with Gasteiger partial charge in [0, 0.05) is 0 Å². The molecule has 10 heavy (non-hydrogen) atoms. The lowest BCUT2D eigenvalue weighted by Gasteiger charge is -1.99. The van der Waals surface area contributed by atoms with Crippen molar-refractivity contribution in [2.24, 2.45) is 0 Å². The van der Waals surface area contributed by atoms with Gasteiger partial charge in [-0.05, 0) is 25.0 Å². The molecule has 0 aromatic heterocycles. The van der Waals surface area contributed by atoms with Gasteiger partial charge in [0.2, 0.25) is 0 Å². The number of hydrogen-bond acceptors (Lipinski definition) is 2. The smallest absolute Gasteiger partial charge is 0.124 e. The molecule has 56 valence electrons. The summed E-state index contributed by atoms with van der Waals surface area (Å²) in [5, 5.41) is 13.8. The second-order valence-electron chi connectivity index (χ2n) is 1.88. The van der Waals surface area contributed by atoms with Crippen LogP contribution in [0.1, 0.15) is 13.8 Å². The zero-order chi connectivity index (χ0) is 8.31. The number of allylic oxidation sites excluding steroid dienone is 2. The zero-order valence-electron chi connectivity index (χ0n) is 5.76. The van der Waals surface area contributed by atoms with Crippen LogP contribution in [0, 0.1) is 10.8 Å². The Bertz CT molecular complexity index is 184. The molecule has 2 N–H and O–H groups in total. The van der Waals surface area contributed by atoms with E-state index < -0.39 is 0 Å². The molecule has 0 spiro atoms. The minimum absolute atomic E-state index is 0.0668. The third-order valence-corrected chi connectivity index (χ3v) is 1.79. The predicted molar refractivity (Wildman–Crippen MR) is 45.5 cm³/mol. The lowest BCUT2D eigenvalue weighted by atomic mass is 10.2. The molecule has 0 bridgehead atoms. The van der Waals surface area contributed by atoms with E-state index in [-0.39, 0.29) is 10.3 Å². The number of halogens is 2. The van der Waals surface area contributed by atoms with Crippen LogP contribution < -0.4 is 0 Å². The molecule has 0 amide bonds. The van der Waals surface area contributed by atoms with Crippen molar-refractivity contribution in [1.29, 1.82) is 10.8 Å². The molecule has 0 unspecified atom stereocenters. The molecule has 0 aromatic carbocycles. The van der Waals surface area contributed by atoms with E-state index in [0.717, 1.165) is 0 Å². The van der Waals surface area contributed by atoms with Crippen molar-refractivity contribution >= 4 is 33.5 Å². The lowest BCUT2D eigenvalue weighted by molar-refractivity contribution is 1.40. The molecule has 0 aliphatic rings. The fraction of sp³-hybridized carbons (Fsp3) is 0.333. The van der Waals surface area contributed by atoms with E-state index in [9.17, 15) is 0 Å². The van der Waals surface area contributed by atoms with Crippen molar-refractivity contribution in [2.45, 2.75) is 13.8 Å². The van der Waals surface area contributed by atoms with Crippen molar-refractivity contribution < 1.29 is 0 Å². The maximum atomic E-state index is 6.98. The summed E-state index contributed by atoms with van der Waals surface area (Å²) >= 11 is 10.7. The highest BCUT2D eigenvalue weighted by Crippen LogP contribution is 2.09. The highest BCUT2D eigenvalue weighted by molar-refractivity contribution is 6.72. The summed E-state index contributed by atoms with van der Waals surface area (Å²) < 4.78 is 0. The molecule has 2 nitrogen and oxygen atoms in total. The molecular formula is C6H8Cl2N2. The molecule has 0 saturated carbocycles. The van der Waals surface area contributed by atoms with E-state index in [4.69, 9.17) is 34.0 Å². The van der Waals surface area contributed by atoms with Gasteiger partial charge in [0.05, 0.1) is 0 Å². The van der Waals surface area contributed by atoms with Crippen LogP contribution in [0.3, 0.4) is 0 Å².